The standard InChI is InChI=1S/C26H20Cl2N4O2/c1-15-11-19(5-9-25(15)33)29-31-23-7-3-17(13-21(23)27)18-4-8-24(22(28)14-18)32-30-20-6-10-26(34)16(2)12-20/h3-14,33-34H,1-2H3. The number of aromatic hydroxyl groups is 2. The molecule has 0 bridgehead atoms. The number of phenols is 2. The van der Waals surface area contributed by atoms with Crippen molar-refractivity contribution in [3.8, 4) is 22.6 Å². The van der Waals surface area contributed by atoms with Gasteiger partial charge in [0, 0.05) is 0 Å². The van der Waals surface area contributed by atoms with Crippen molar-refractivity contribution in [1.82, 2.24) is 0 Å². The summed E-state index contributed by atoms with van der Waals surface area (Å²) in [5.74, 6) is 0.422. The average molecular weight is 491 g/mol. The van der Waals surface area contributed by atoms with E-state index in [1.54, 1.807) is 74.5 Å². The lowest BCUT2D eigenvalue weighted by molar-refractivity contribution is 0.470. The number of hydrogen-bond donors (Lipinski definition) is 2. The van der Waals surface area contributed by atoms with Gasteiger partial charge >= 0.3 is 0 Å². The molecular weight excluding hydrogens is 471 g/mol. The molecule has 0 heterocycles. The smallest absolute Gasteiger partial charge is 0.118 e. The summed E-state index contributed by atoms with van der Waals surface area (Å²) in [4.78, 5) is 0. The van der Waals surface area contributed by atoms with Crippen LogP contribution in [0.25, 0.3) is 11.1 Å². The van der Waals surface area contributed by atoms with Gasteiger partial charge in [0.2, 0.25) is 0 Å². The molecule has 0 saturated carbocycles. The second-order valence-electron chi connectivity index (χ2n) is 7.67. The molecule has 8 heteroatoms. The third-order valence-electron chi connectivity index (χ3n) is 5.14. The van der Waals surface area contributed by atoms with Crippen molar-refractivity contribution in [2.75, 3.05) is 0 Å². The molecule has 0 atom stereocenters. The van der Waals surface area contributed by atoms with Gasteiger partial charge in [-0.1, -0.05) is 35.3 Å². The first-order valence-corrected chi connectivity index (χ1v) is 11.1. The van der Waals surface area contributed by atoms with Crippen LogP contribution >= 0.6 is 23.2 Å². The Morgan fingerprint density at radius 3 is 1.29 bits per heavy atom. The van der Waals surface area contributed by atoms with Crippen molar-refractivity contribution in [3.05, 3.63) is 94.0 Å². The topological polar surface area (TPSA) is 89.9 Å². The molecule has 0 aliphatic carbocycles. The molecule has 6 nitrogen and oxygen atoms in total. The number of halogens is 2. The molecular formula is C26H20Cl2N4O2. The zero-order valence-corrected chi connectivity index (χ0v) is 19.9. The molecule has 0 radical (unpaired) electrons. The van der Waals surface area contributed by atoms with Gasteiger partial charge in [0.05, 0.1) is 21.4 Å². The monoisotopic (exact) mass is 490 g/mol. The molecule has 0 aliphatic rings. The zero-order chi connectivity index (χ0) is 24.2. The van der Waals surface area contributed by atoms with E-state index in [0.717, 1.165) is 22.3 Å². The molecule has 0 unspecified atom stereocenters. The van der Waals surface area contributed by atoms with Gasteiger partial charge in [0.1, 0.15) is 22.9 Å². The van der Waals surface area contributed by atoms with Crippen molar-refractivity contribution in [2.45, 2.75) is 13.8 Å². The fraction of sp³-hybridized carbons (Fsp3) is 0.0769. The Bertz CT molecular complexity index is 1330. The van der Waals surface area contributed by atoms with Crippen LogP contribution in [-0.4, -0.2) is 10.2 Å². The summed E-state index contributed by atoms with van der Waals surface area (Å²) in [6.45, 7) is 3.59. The predicted octanol–water partition coefficient (Wildman–Crippen LogP) is 9.52. The van der Waals surface area contributed by atoms with Crippen molar-refractivity contribution >= 4 is 46.0 Å². The summed E-state index contributed by atoms with van der Waals surface area (Å²) in [5.41, 5.74) is 5.46. The van der Waals surface area contributed by atoms with E-state index in [9.17, 15) is 10.2 Å². The van der Waals surface area contributed by atoms with Crippen LogP contribution in [-0.2, 0) is 0 Å². The molecule has 34 heavy (non-hydrogen) atoms. The highest BCUT2D eigenvalue weighted by Gasteiger charge is 2.07. The van der Waals surface area contributed by atoms with E-state index in [2.05, 4.69) is 20.5 Å². The fourth-order valence-electron chi connectivity index (χ4n) is 3.16. The fourth-order valence-corrected chi connectivity index (χ4v) is 3.60. The molecule has 0 aromatic heterocycles. The minimum atomic E-state index is 0.211. The minimum Gasteiger partial charge on any atom is -0.508 e. The average Bonchev–Trinajstić information content (AvgIpc) is 2.81. The van der Waals surface area contributed by atoms with Gasteiger partial charge in [-0.25, -0.2) is 0 Å². The van der Waals surface area contributed by atoms with Crippen molar-refractivity contribution in [2.24, 2.45) is 20.5 Å². The second kappa shape index (κ2) is 10.0. The lowest BCUT2D eigenvalue weighted by atomic mass is 10.1. The minimum absolute atomic E-state index is 0.211. The predicted molar refractivity (Wildman–Crippen MR) is 136 cm³/mol. The molecule has 0 saturated heterocycles. The number of phenolic OH excluding ortho intramolecular Hbond substituents is 2. The Morgan fingerprint density at radius 2 is 0.941 bits per heavy atom. The van der Waals surface area contributed by atoms with E-state index in [1.165, 1.54) is 0 Å². The third kappa shape index (κ3) is 5.42. The van der Waals surface area contributed by atoms with E-state index in [4.69, 9.17) is 23.2 Å². The highest BCUT2D eigenvalue weighted by atomic mass is 35.5. The van der Waals surface area contributed by atoms with Crippen LogP contribution in [0.3, 0.4) is 0 Å². The molecule has 0 fully saturated rings. The van der Waals surface area contributed by atoms with E-state index in [0.29, 0.717) is 32.8 Å². The largest absolute Gasteiger partial charge is 0.508 e. The second-order valence-corrected chi connectivity index (χ2v) is 8.49. The van der Waals surface area contributed by atoms with Gasteiger partial charge in [-0.15, -0.1) is 10.2 Å². The molecule has 2 N–H and O–H groups in total. The van der Waals surface area contributed by atoms with Gasteiger partial charge in [-0.3, -0.25) is 0 Å². The van der Waals surface area contributed by atoms with Crippen LogP contribution in [0, 0.1) is 13.8 Å². The van der Waals surface area contributed by atoms with E-state index in [1.807, 2.05) is 12.1 Å². The first-order valence-electron chi connectivity index (χ1n) is 10.3. The van der Waals surface area contributed by atoms with Gasteiger partial charge in [-0.05, 0) is 96.8 Å². The maximum atomic E-state index is 9.63. The summed E-state index contributed by atoms with van der Waals surface area (Å²) < 4.78 is 0. The number of benzene rings is 4. The van der Waals surface area contributed by atoms with Crippen molar-refractivity contribution < 1.29 is 10.2 Å². The Balaban J connectivity index is 1.52. The highest BCUT2D eigenvalue weighted by molar-refractivity contribution is 6.34. The third-order valence-corrected chi connectivity index (χ3v) is 5.74. The number of rotatable bonds is 5. The maximum absolute atomic E-state index is 9.63. The van der Waals surface area contributed by atoms with E-state index >= 15 is 0 Å². The van der Waals surface area contributed by atoms with Crippen LogP contribution in [0.4, 0.5) is 22.7 Å². The van der Waals surface area contributed by atoms with E-state index in [-0.39, 0.29) is 11.5 Å². The molecule has 0 aliphatic heterocycles. The van der Waals surface area contributed by atoms with Crippen LogP contribution < -0.4 is 0 Å². The van der Waals surface area contributed by atoms with Crippen molar-refractivity contribution in [3.63, 3.8) is 0 Å². The SMILES string of the molecule is Cc1cc(N=Nc2ccc(-c3ccc(N=Nc4ccc(O)c(C)c4)c(Cl)c3)cc2Cl)ccc1O. The van der Waals surface area contributed by atoms with Crippen molar-refractivity contribution in [1.29, 1.82) is 0 Å². The van der Waals surface area contributed by atoms with Crippen LogP contribution in [0.5, 0.6) is 11.5 Å². The first-order chi connectivity index (χ1) is 16.3. The Labute approximate surface area is 206 Å². The normalized spacial score (nSPS) is 11.5. The molecule has 4 rings (SSSR count). The first kappa shape index (κ1) is 23.4. The van der Waals surface area contributed by atoms with Gasteiger partial charge in [0.15, 0.2) is 0 Å². The summed E-state index contributed by atoms with van der Waals surface area (Å²) in [6.07, 6.45) is 0. The summed E-state index contributed by atoms with van der Waals surface area (Å²) >= 11 is 12.9. The summed E-state index contributed by atoms with van der Waals surface area (Å²) in [5, 5.41) is 37.0. The molecule has 4 aromatic carbocycles. The Kier molecular flexibility index (Phi) is 6.91. The Morgan fingerprint density at radius 1 is 0.529 bits per heavy atom. The van der Waals surface area contributed by atoms with E-state index < -0.39 is 0 Å². The molecule has 170 valence electrons. The molecule has 0 spiro atoms. The maximum Gasteiger partial charge on any atom is 0.118 e. The van der Waals surface area contributed by atoms with Crippen LogP contribution in [0.1, 0.15) is 11.1 Å². The lowest BCUT2D eigenvalue weighted by Crippen LogP contribution is -1.80. The van der Waals surface area contributed by atoms with Crippen LogP contribution in [0.2, 0.25) is 10.0 Å². The number of nitrogens with zero attached hydrogens (tertiary/aromatic N) is 4. The lowest BCUT2D eigenvalue weighted by Gasteiger charge is -2.06. The van der Waals surface area contributed by atoms with Gasteiger partial charge in [0.25, 0.3) is 0 Å². The molecule has 4 aromatic rings. The summed E-state index contributed by atoms with van der Waals surface area (Å²) in [7, 11) is 0. The van der Waals surface area contributed by atoms with Gasteiger partial charge in [-0.2, -0.15) is 10.2 Å². The number of azo groups is 2. The Hall–Kier alpha value is -3.74. The van der Waals surface area contributed by atoms with Gasteiger partial charge < -0.3 is 10.2 Å². The summed E-state index contributed by atoms with van der Waals surface area (Å²) in [6, 6.07) is 20.9. The number of hydrogen-bond acceptors (Lipinski definition) is 6. The highest BCUT2D eigenvalue weighted by Crippen LogP contribution is 2.36. The zero-order valence-electron chi connectivity index (χ0n) is 18.4. The number of aryl methyl sites for hydroxylation is 2. The van der Waals surface area contributed by atoms with Crippen LogP contribution in [0.15, 0.2) is 93.3 Å². The quantitative estimate of drug-likeness (QED) is 0.272. The molecule has 0 amide bonds.